The summed E-state index contributed by atoms with van der Waals surface area (Å²) in [6, 6.07) is 0.500. The number of carbonyl (C=O) groups excluding carboxylic acids is 1. The van der Waals surface area contributed by atoms with E-state index in [4.69, 9.17) is 0 Å². The molecular formula is C14H27ClN2O. The first-order valence-electron chi connectivity index (χ1n) is 7.25. The third-order valence-corrected chi connectivity index (χ3v) is 4.54. The van der Waals surface area contributed by atoms with E-state index in [1.165, 1.54) is 25.7 Å². The molecule has 1 amide bonds. The first-order chi connectivity index (χ1) is 8.24. The van der Waals surface area contributed by atoms with Crippen LogP contribution in [0, 0.1) is 11.8 Å². The summed E-state index contributed by atoms with van der Waals surface area (Å²) in [7, 11) is 0. The SMILES string of the molecule is CCC1CCCCCN1C(=O)C(C)C1CNC1.Cl. The van der Waals surface area contributed by atoms with E-state index in [0.717, 1.165) is 26.1 Å². The van der Waals surface area contributed by atoms with Gasteiger partial charge in [0.15, 0.2) is 0 Å². The number of hydrogen-bond donors (Lipinski definition) is 1. The van der Waals surface area contributed by atoms with E-state index in [1.54, 1.807) is 0 Å². The number of nitrogens with zero attached hydrogens (tertiary/aromatic N) is 1. The maximum atomic E-state index is 12.6. The lowest BCUT2D eigenvalue weighted by Gasteiger charge is -2.37. The number of nitrogens with one attached hydrogen (secondary N) is 1. The Morgan fingerprint density at radius 2 is 2.06 bits per heavy atom. The van der Waals surface area contributed by atoms with Crippen molar-refractivity contribution in [3.63, 3.8) is 0 Å². The van der Waals surface area contributed by atoms with Gasteiger partial charge in [-0.25, -0.2) is 0 Å². The molecule has 2 rings (SSSR count). The molecule has 2 unspecified atom stereocenters. The number of carbonyl (C=O) groups is 1. The van der Waals surface area contributed by atoms with Crippen LogP contribution >= 0.6 is 12.4 Å². The van der Waals surface area contributed by atoms with Crippen LogP contribution in [-0.2, 0) is 4.79 Å². The normalized spacial score (nSPS) is 26.8. The first kappa shape index (κ1) is 15.8. The Hall–Kier alpha value is -0.280. The van der Waals surface area contributed by atoms with Crippen molar-refractivity contribution in [2.45, 2.75) is 52.0 Å². The second-order valence-corrected chi connectivity index (χ2v) is 5.65. The highest BCUT2D eigenvalue weighted by Crippen LogP contribution is 2.24. The molecule has 2 fully saturated rings. The summed E-state index contributed by atoms with van der Waals surface area (Å²) >= 11 is 0. The summed E-state index contributed by atoms with van der Waals surface area (Å²) in [6.07, 6.45) is 6.10. The molecule has 3 nitrogen and oxygen atoms in total. The molecule has 2 atom stereocenters. The molecule has 106 valence electrons. The highest BCUT2D eigenvalue weighted by Gasteiger charge is 2.34. The van der Waals surface area contributed by atoms with E-state index in [0.29, 0.717) is 17.9 Å². The van der Waals surface area contributed by atoms with Crippen molar-refractivity contribution in [3.05, 3.63) is 0 Å². The molecule has 0 spiro atoms. The molecule has 0 aliphatic carbocycles. The Kier molecular flexibility index (Phi) is 6.44. The molecule has 0 aromatic rings. The van der Waals surface area contributed by atoms with Crippen molar-refractivity contribution >= 4 is 18.3 Å². The minimum atomic E-state index is 0. The number of amides is 1. The lowest BCUT2D eigenvalue weighted by molar-refractivity contribution is -0.139. The second-order valence-electron chi connectivity index (χ2n) is 5.65. The highest BCUT2D eigenvalue weighted by molar-refractivity contribution is 5.85. The average Bonchev–Trinajstić information content (AvgIpc) is 2.50. The highest BCUT2D eigenvalue weighted by atomic mass is 35.5. The summed E-state index contributed by atoms with van der Waals surface area (Å²) in [5.74, 6) is 1.19. The van der Waals surface area contributed by atoms with Crippen molar-refractivity contribution < 1.29 is 4.79 Å². The van der Waals surface area contributed by atoms with E-state index < -0.39 is 0 Å². The van der Waals surface area contributed by atoms with Gasteiger partial charge in [0.2, 0.25) is 5.91 Å². The summed E-state index contributed by atoms with van der Waals surface area (Å²) in [4.78, 5) is 14.7. The van der Waals surface area contributed by atoms with Gasteiger partial charge in [-0.1, -0.05) is 26.7 Å². The Bertz CT molecular complexity index is 269. The predicted molar refractivity (Wildman–Crippen MR) is 77.0 cm³/mol. The third kappa shape index (κ3) is 3.39. The van der Waals surface area contributed by atoms with Gasteiger partial charge in [0.25, 0.3) is 0 Å². The lowest BCUT2D eigenvalue weighted by atomic mass is 9.87. The largest absolute Gasteiger partial charge is 0.339 e. The van der Waals surface area contributed by atoms with E-state index >= 15 is 0 Å². The number of halogens is 1. The van der Waals surface area contributed by atoms with E-state index in [9.17, 15) is 4.79 Å². The molecule has 2 aliphatic rings. The average molecular weight is 275 g/mol. The molecule has 2 heterocycles. The smallest absolute Gasteiger partial charge is 0.226 e. The van der Waals surface area contributed by atoms with Crippen molar-refractivity contribution in [2.24, 2.45) is 11.8 Å². The maximum absolute atomic E-state index is 12.6. The fourth-order valence-electron chi connectivity index (χ4n) is 3.02. The van der Waals surface area contributed by atoms with Crippen LogP contribution in [0.5, 0.6) is 0 Å². The van der Waals surface area contributed by atoms with Crippen LogP contribution in [0.1, 0.15) is 46.0 Å². The van der Waals surface area contributed by atoms with Crippen molar-refractivity contribution in [2.75, 3.05) is 19.6 Å². The fourth-order valence-corrected chi connectivity index (χ4v) is 3.02. The molecule has 2 saturated heterocycles. The number of rotatable bonds is 3. The Balaban J connectivity index is 0.00000162. The Morgan fingerprint density at radius 1 is 1.33 bits per heavy atom. The standard InChI is InChI=1S/C14H26N2O.ClH/c1-3-13-7-5-4-6-8-16(13)14(17)11(2)12-9-15-10-12;/h11-13,15H,3-10H2,1-2H3;1H. The molecule has 0 saturated carbocycles. The maximum Gasteiger partial charge on any atom is 0.226 e. The van der Waals surface area contributed by atoms with Gasteiger partial charge < -0.3 is 10.2 Å². The van der Waals surface area contributed by atoms with Crippen LogP contribution < -0.4 is 5.32 Å². The van der Waals surface area contributed by atoms with Gasteiger partial charge in [-0.3, -0.25) is 4.79 Å². The summed E-state index contributed by atoms with van der Waals surface area (Å²) < 4.78 is 0. The Labute approximate surface area is 117 Å². The van der Waals surface area contributed by atoms with Crippen LogP contribution in [0.4, 0.5) is 0 Å². The van der Waals surface area contributed by atoms with Crippen molar-refractivity contribution in [3.8, 4) is 0 Å². The topological polar surface area (TPSA) is 32.3 Å². The Morgan fingerprint density at radius 3 is 2.61 bits per heavy atom. The second kappa shape index (κ2) is 7.34. The zero-order valence-electron chi connectivity index (χ0n) is 11.7. The molecule has 0 radical (unpaired) electrons. The molecule has 18 heavy (non-hydrogen) atoms. The van der Waals surface area contributed by atoms with Crippen molar-refractivity contribution in [1.82, 2.24) is 10.2 Å². The molecule has 0 aromatic heterocycles. The third-order valence-electron chi connectivity index (χ3n) is 4.54. The lowest BCUT2D eigenvalue weighted by Crippen LogP contribution is -2.52. The molecular weight excluding hydrogens is 248 g/mol. The minimum Gasteiger partial charge on any atom is -0.339 e. The molecule has 1 N–H and O–H groups in total. The first-order valence-corrected chi connectivity index (χ1v) is 7.25. The van der Waals surface area contributed by atoms with E-state index in [2.05, 4.69) is 24.1 Å². The van der Waals surface area contributed by atoms with Crippen LogP contribution in [0.25, 0.3) is 0 Å². The molecule has 0 aromatic carbocycles. The van der Waals surface area contributed by atoms with Gasteiger partial charge in [0.1, 0.15) is 0 Å². The number of likely N-dealkylation sites (tertiary alicyclic amines) is 1. The zero-order chi connectivity index (χ0) is 12.3. The van der Waals surface area contributed by atoms with E-state index in [-0.39, 0.29) is 18.3 Å². The molecule has 2 aliphatic heterocycles. The summed E-state index contributed by atoms with van der Waals surface area (Å²) in [5, 5.41) is 3.27. The molecule has 0 bridgehead atoms. The zero-order valence-corrected chi connectivity index (χ0v) is 12.5. The predicted octanol–water partition coefficient (Wildman–Crippen LogP) is 2.44. The van der Waals surface area contributed by atoms with Gasteiger partial charge in [0.05, 0.1) is 0 Å². The number of hydrogen-bond acceptors (Lipinski definition) is 2. The van der Waals surface area contributed by atoms with Crippen molar-refractivity contribution in [1.29, 1.82) is 0 Å². The minimum absolute atomic E-state index is 0. The summed E-state index contributed by atoms with van der Waals surface area (Å²) in [6.45, 7) is 7.37. The fraction of sp³-hybridized carbons (Fsp3) is 0.929. The van der Waals surface area contributed by atoms with Gasteiger partial charge in [-0.2, -0.15) is 0 Å². The van der Waals surface area contributed by atoms with Crippen LogP contribution in [0.15, 0.2) is 0 Å². The summed E-state index contributed by atoms with van der Waals surface area (Å²) in [5.41, 5.74) is 0. The van der Waals surface area contributed by atoms with Gasteiger partial charge in [-0.05, 0) is 38.3 Å². The van der Waals surface area contributed by atoms with Gasteiger partial charge in [0, 0.05) is 18.5 Å². The van der Waals surface area contributed by atoms with Crippen LogP contribution in [0.2, 0.25) is 0 Å². The van der Waals surface area contributed by atoms with Gasteiger partial charge in [-0.15, -0.1) is 12.4 Å². The quantitative estimate of drug-likeness (QED) is 0.857. The van der Waals surface area contributed by atoms with Crippen LogP contribution in [0.3, 0.4) is 0 Å². The van der Waals surface area contributed by atoms with E-state index in [1.807, 2.05) is 0 Å². The van der Waals surface area contributed by atoms with Gasteiger partial charge >= 0.3 is 0 Å². The van der Waals surface area contributed by atoms with Crippen LogP contribution in [-0.4, -0.2) is 36.5 Å². The molecule has 4 heteroatoms. The monoisotopic (exact) mass is 274 g/mol.